The van der Waals surface area contributed by atoms with Crippen LogP contribution in [0.15, 0.2) is 36.4 Å². The lowest BCUT2D eigenvalue weighted by atomic mass is 10.1. The summed E-state index contributed by atoms with van der Waals surface area (Å²) in [5.41, 5.74) is 0.970. The number of rotatable bonds is 7. The number of methoxy groups -OCH3 is 3. The number of ether oxygens (including phenoxy) is 3. The van der Waals surface area contributed by atoms with Gasteiger partial charge in [-0.3, -0.25) is 4.79 Å². The molecule has 1 aliphatic heterocycles. The maximum atomic E-state index is 13.5. The highest BCUT2D eigenvalue weighted by atomic mass is 32.2. The number of carbonyl (C=O) groups excluding carboxylic acids is 1. The fourth-order valence-corrected chi connectivity index (χ4v) is 5.28. The fourth-order valence-electron chi connectivity index (χ4n) is 3.54. The molecule has 0 N–H and O–H groups in total. The summed E-state index contributed by atoms with van der Waals surface area (Å²) in [5, 5.41) is 0. The van der Waals surface area contributed by atoms with Gasteiger partial charge in [0.15, 0.2) is 21.3 Å². The fraction of sp³-hybridized carbons (Fsp3) is 0.381. The van der Waals surface area contributed by atoms with Gasteiger partial charge in [-0.25, -0.2) is 12.8 Å². The first-order valence-electron chi connectivity index (χ1n) is 9.34. The van der Waals surface area contributed by atoms with E-state index >= 15 is 0 Å². The quantitative estimate of drug-likeness (QED) is 0.663. The minimum atomic E-state index is -3.21. The van der Waals surface area contributed by atoms with Gasteiger partial charge >= 0.3 is 0 Å². The molecule has 0 bridgehead atoms. The van der Waals surface area contributed by atoms with Crippen LogP contribution >= 0.6 is 0 Å². The van der Waals surface area contributed by atoms with Crippen molar-refractivity contribution in [3.8, 4) is 17.2 Å². The number of sulfone groups is 1. The van der Waals surface area contributed by atoms with Gasteiger partial charge in [0, 0.05) is 18.2 Å². The van der Waals surface area contributed by atoms with E-state index in [-0.39, 0.29) is 35.3 Å². The molecular formula is C21H24FNO6S. The number of carbonyl (C=O) groups is 1. The SMILES string of the molecule is COc1cc(C(=O)N(Cc2ccc(F)cc2)[C@@H]2CCS(=O)(=O)C2)cc(OC)c1OC. The van der Waals surface area contributed by atoms with Crippen LogP contribution in [0.5, 0.6) is 17.2 Å². The summed E-state index contributed by atoms with van der Waals surface area (Å²) < 4.78 is 53.3. The molecule has 7 nitrogen and oxygen atoms in total. The first kappa shape index (κ1) is 21.9. The van der Waals surface area contributed by atoms with E-state index in [0.717, 1.165) is 0 Å². The van der Waals surface area contributed by atoms with Crippen LogP contribution in [0.25, 0.3) is 0 Å². The van der Waals surface area contributed by atoms with Crippen molar-refractivity contribution < 1.29 is 31.8 Å². The number of benzene rings is 2. The van der Waals surface area contributed by atoms with E-state index in [4.69, 9.17) is 14.2 Å². The third-order valence-corrected chi connectivity index (χ3v) is 6.84. The largest absolute Gasteiger partial charge is 0.493 e. The molecule has 30 heavy (non-hydrogen) atoms. The number of hydrogen-bond donors (Lipinski definition) is 0. The Bertz CT molecular complexity index is 997. The molecule has 0 aromatic heterocycles. The number of halogens is 1. The number of nitrogens with zero attached hydrogens (tertiary/aromatic N) is 1. The van der Waals surface area contributed by atoms with E-state index in [1.54, 1.807) is 12.1 Å². The van der Waals surface area contributed by atoms with Crippen LogP contribution < -0.4 is 14.2 Å². The van der Waals surface area contributed by atoms with E-state index in [1.165, 1.54) is 50.5 Å². The van der Waals surface area contributed by atoms with Gasteiger partial charge in [0.1, 0.15) is 5.82 Å². The molecule has 1 heterocycles. The maximum Gasteiger partial charge on any atom is 0.254 e. The molecule has 1 fully saturated rings. The Hall–Kier alpha value is -2.81. The predicted molar refractivity (Wildman–Crippen MR) is 109 cm³/mol. The van der Waals surface area contributed by atoms with Crippen molar-refractivity contribution in [1.82, 2.24) is 4.90 Å². The highest BCUT2D eigenvalue weighted by molar-refractivity contribution is 7.91. The summed E-state index contributed by atoms with van der Waals surface area (Å²) in [4.78, 5) is 15.0. The zero-order valence-electron chi connectivity index (χ0n) is 17.1. The summed E-state index contributed by atoms with van der Waals surface area (Å²) in [6, 6.07) is 8.36. The van der Waals surface area contributed by atoms with Crippen molar-refractivity contribution in [3.05, 3.63) is 53.3 Å². The zero-order chi connectivity index (χ0) is 21.9. The molecule has 1 atom stereocenters. The highest BCUT2D eigenvalue weighted by Gasteiger charge is 2.35. The van der Waals surface area contributed by atoms with E-state index in [1.807, 2.05) is 0 Å². The summed E-state index contributed by atoms with van der Waals surface area (Å²) in [6.45, 7) is 0.149. The van der Waals surface area contributed by atoms with E-state index in [0.29, 0.717) is 29.2 Å². The Morgan fingerprint density at radius 2 is 1.67 bits per heavy atom. The van der Waals surface area contributed by atoms with Crippen molar-refractivity contribution in [3.63, 3.8) is 0 Å². The Balaban J connectivity index is 2.00. The zero-order valence-corrected chi connectivity index (χ0v) is 17.9. The van der Waals surface area contributed by atoms with Crippen molar-refractivity contribution in [1.29, 1.82) is 0 Å². The first-order valence-corrected chi connectivity index (χ1v) is 11.2. The molecule has 9 heteroatoms. The van der Waals surface area contributed by atoms with E-state index in [2.05, 4.69) is 0 Å². The number of amides is 1. The van der Waals surface area contributed by atoms with Gasteiger partial charge in [-0.15, -0.1) is 0 Å². The third-order valence-electron chi connectivity index (χ3n) is 5.09. The predicted octanol–water partition coefficient (Wildman–Crippen LogP) is 2.68. The molecular weight excluding hydrogens is 413 g/mol. The topological polar surface area (TPSA) is 82.1 Å². The van der Waals surface area contributed by atoms with Gasteiger partial charge in [0.05, 0.1) is 32.8 Å². The molecule has 1 aliphatic rings. The molecule has 162 valence electrons. The molecule has 0 radical (unpaired) electrons. The van der Waals surface area contributed by atoms with Gasteiger partial charge in [0.2, 0.25) is 5.75 Å². The minimum Gasteiger partial charge on any atom is -0.493 e. The summed E-state index contributed by atoms with van der Waals surface area (Å²) in [5.74, 6) is 0.155. The van der Waals surface area contributed by atoms with Crippen LogP contribution in [-0.2, 0) is 16.4 Å². The van der Waals surface area contributed by atoms with Gasteiger partial charge in [-0.05, 0) is 36.2 Å². The average Bonchev–Trinajstić information content (AvgIpc) is 3.10. The monoisotopic (exact) mass is 437 g/mol. The Morgan fingerprint density at radius 3 is 2.13 bits per heavy atom. The Kier molecular flexibility index (Phi) is 6.50. The van der Waals surface area contributed by atoms with Gasteiger partial charge in [-0.2, -0.15) is 0 Å². The average molecular weight is 437 g/mol. The molecule has 1 saturated heterocycles. The minimum absolute atomic E-state index is 0.0279. The molecule has 0 unspecified atom stereocenters. The molecule has 3 rings (SSSR count). The molecule has 1 amide bonds. The molecule has 2 aromatic rings. The molecule has 0 spiro atoms. The highest BCUT2D eigenvalue weighted by Crippen LogP contribution is 2.39. The third kappa shape index (κ3) is 4.67. The Morgan fingerprint density at radius 1 is 1.07 bits per heavy atom. The van der Waals surface area contributed by atoms with Crippen molar-refractivity contribution in [2.45, 2.75) is 19.0 Å². The summed E-state index contributed by atoms with van der Waals surface area (Å²) >= 11 is 0. The maximum absolute atomic E-state index is 13.5. The van der Waals surface area contributed by atoms with Crippen LogP contribution in [0.4, 0.5) is 4.39 Å². The number of hydrogen-bond acceptors (Lipinski definition) is 6. The lowest BCUT2D eigenvalue weighted by Crippen LogP contribution is -2.40. The normalized spacial score (nSPS) is 17.4. The van der Waals surface area contributed by atoms with Crippen molar-refractivity contribution in [2.75, 3.05) is 32.8 Å². The summed E-state index contributed by atoms with van der Waals surface area (Å²) in [7, 11) is 1.15. The molecule has 0 saturated carbocycles. The van der Waals surface area contributed by atoms with Crippen molar-refractivity contribution >= 4 is 15.7 Å². The second-order valence-corrected chi connectivity index (χ2v) is 9.26. The van der Waals surface area contributed by atoms with Crippen LogP contribution in [0.3, 0.4) is 0 Å². The van der Waals surface area contributed by atoms with Crippen LogP contribution in [-0.4, -0.2) is 58.1 Å². The van der Waals surface area contributed by atoms with E-state index in [9.17, 15) is 17.6 Å². The van der Waals surface area contributed by atoms with Crippen LogP contribution in [0, 0.1) is 5.82 Å². The van der Waals surface area contributed by atoms with Gasteiger partial charge in [0.25, 0.3) is 5.91 Å². The molecule has 2 aromatic carbocycles. The lowest BCUT2D eigenvalue weighted by Gasteiger charge is -2.29. The Labute approximate surface area is 175 Å². The lowest BCUT2D eigenvalue weighted by molar-refractivity contribution is 0.0680. The first-order chi connectivity index (χ1) is 14.3. The van der Waals surface area contributed by atoms with Crippen molar-refractivity contribution in [2.24, 2.45) is 0 Å². The molecule has 0 aliphatic carbocycles. The van der Waals surface area contributed by atoms with E-state index < -0.39 is 15.9 Å². The standard InChI is InChI=1S/C21H24FNO6S/c1-27-18-10-15(11-19(28-2)20(18)29-3)21(24)23(17-8-9-30(25,26)13-17)12-14-4-6-16(22)7-5-14/h4-7,10-11,17H,8-9,12-13H2,1-3H3/t17-/m1/s1. The second kappa shape index (κ2) is 8.91. The van der Waals surface area contributed by atoms with Crippen LogP contribution in [0.1, 0.15) is 22.3 Å². The summed E-state index contributed by atoms with van der Waals surface area (Å²) in [6.07, 6.45) is 0.347. The van der Waals surface area contributed by atoms with Gasteiger partial charge < -0.3 is 19.1 Å². The second-order valence-electron chi connectivity index (χ2n) is 7.03. The van der Waals surface area contributed by atoms with Crippen LogP contribution in [0.2, 0.25) is 0 Å². The smallest absolute Gasteiger partial charge is 0.254 e. The van der Waals surface area contributed by atoms with Gasteiger partial charge in [-0.1, -0.05) is 12.1 Å².